The van der Waals surface area contributed by atoms with Gasteiger partial charge in [0.15, 0.2) is 0 Å². The van der Waals surface area contributed by atoms with Crippen molar-refractivity contribution in [3.8, 4) is 0 Å². The van der Waals surface area contributed by atoms with E-state index in [9.17, 15) is 4.79 Å². The van der Waals surface area contributed by atoms with Crippen molar-refractivity contribution in [2.75, 3.05) is 53.6 Å². The first-order valence-electron chi connectivity index (χ1n) is 7.28. The average Bonchev–Trinajstić information content (AvgIpc) is 3.06. The van der Waals surface area contributed by atoms with E-state index in [1.165, 1.54) is 0 Å². The summed E-state index contributed by atoms with van der Waals surface area (Å²) in [5.74, 6) is 0.407. The summed E-state index contributed by atoms with van der Waals surface area (Å²) in [6, 6.07) is 0.370. The molecule has 0 unspecified atom stereocenters. The molecule has 2 fully saturated rings. The Morgan fingerprint density at radius 1 is 1.47 bits per heavy atom. The van der Waals surface area contributed by atoms with Gasteiger partial charge in [-0.2, -0.15) is 0 Å². The third-order valence-corrected chi connectivity index (χ3v) is 4.14. The molecule has 0 aliphatic carbocycles. The van der Waals surface area contributed by atoms with Crippen molar-refractivity contribution in [2.45, 2.75) is 25.3 Å². The summed E-state index contributed by atoms with van der Waals surface area (Å²) in [5.41, 5.74) is 0. The van der Waals surface area contributed by atoms with Gasteiger partial charge >= 0.3 is 0 Å². The number of ether oxygens (including phenoxy) is 2. The highest BCUT2D eigenvalue weighted by Crippen LogP contribution is 2.23. The van der Waals surface area contributed by atoms with Crippen LogP contribution in [0.25, 0.3) is 0 Å². The van der Waals surface area contributed by atoms with Gasteiger partial charge in [-0.1, -0.05) is 0 Å². The van der Waals surface area contributed by atoms with Crippen molar-refractivity contribution in [3.63, 3.8) is 0 Å². The summed E-state index contributed by atoms with van der Waals surface area (Å²) in [6.07, 6.45) is 3.14. The average molecular weight is 270 g/mol. The molecule has 2 aliphatic heterocycles. The molecule has 2 saturated heterocycles. The molecule has 5 heteroatoms. The van der Waals surface area contributed by atoms with Crippen molar-refractivity contribution < 1.29 is 14.3 Å². The predicted octanol–water partition coefficient (Wildman–Crippen LogP) is 0.592. The van der Waals surface area contributed by atoms with E-state index in [2.05, 4.69) is 16.8 Å². The van der Waals surface area contributed by atoms with Gasteiger partial charge < -0.3 is 19.3 Å². The first-order valence-corrected chi connectivity index (χ1v) is 7.28. The van der Waals surface area contributed by atoms with Crippen LogP contribution in [0.1, 0.15) is 19.3 Å². The van der Waals surface area contributed by atoms with E-state index in [0.29, 0.717) is 18.6 Å². The zero-order chi connectivity index (χ0) is 13.7. The number of amides is 1. The van der Waals surface area contributed by atoms with Crippen LogP contribution in [0.5, 0.6) is 0 Å². The van der Waals surface area contributed by atoms with Crippen LogP contribution >= 0.6 is 0 Å². The molecule has 0 radical (unpaired) electrons. The molecule has 0 bridgehead atoms. The molecule has 110 valence electrons. The Balaban J connectivity index is 1.83. The number of carbonyl (C=O) groups excluding carboxylic acids is 1. The summed E-state index contributed by atoms with van der Waals surface area (Å²) in [4.78, 5) is 16.8. The first-order chi connectivity index (χ1) is 9.22. The monoisotopic (exact) mass is 270 g/mol. The lowest BCUT2D eigenvalue weighted by atomic mass is 10.1. The molecule has 2 heterocycles. The van der Waals surface area contributed by atoms with Gasteiger partial charge in [0.05, 0.1) is 19.1 Å². The van der Waals surface area contributed by atoms with Gasteiger partial charge in [0, 0.05) is 39.4 Å². The zero-order valence-corrected chi connectivity index (χ0v) is 12.1. The lowest BCUT2D eigenvalue weighted by molar-refractivity contribution is -0.136. The van der Waals surface area contributed by atoms with E-state index in [0.717, 1.165) is 52.1 Å². The second-order valence-electron chi connectivity index (χ2n) is 5.64. The second kappa shape index (κ2) is 7.22. The van der Waals surface area contributed by atoms with Crippen LogP contribution in [0.15, 0.2) is 0 Å². The fourth-order valence-electron chi connectivity index (χ4n) is 2.98. The summed E-state index contributed by atoms with van der Waals surface area (Å²) in [7, 11) is 3.82. The van der Waals surface area contributed by atoms with Crippen molar-refractivity contribution in [3.05, 3.63) is 0 Å². The maximum atomic E-state index is 12.5. The van der Waals surface area contributed by atoms with Crippen LogP contribution in [0.4, 0.5) is 0 Å². The molecule has 0 aromatic rings. The number of rotatable bonds is 6. The van der Waals surface area contributed by atoms with Crippen LogP contribution in [-0.2, 0) is 14.3 Å². The Labute approximate surface area is 115 Å². The highest BCUT2D eigenvalue weighted by Gasteiger charge is 2.34. The Hall–Kier alpha value is -0.650. The third-order valence-electron chi connectivity index (χ3n) is 4.14. The summed E-state index contributed by atoms with van der Waals surface area (Å²) < 4.78 is 10.4. The van der Waals surface area contributed by atoms with Gasteiger partial charge in [0.25, 0.3) is 0 Å². The maximum Gasteiger partial charge on any atom is 0.228 e. The van der Waals surface area contributed by atoms with E-state index < -0.39 is 0 Å². The molecule has 0 N–H and O–H groups in total. The number of likely N-dealkylation sites (tertiary alicyclic amines) is 1. The molecule has 1 amide bonds. The van der Waals surface area contributed by atoms with Crippen LogP contribution in [0, 0.1) is 5.92 Å². The normalized spacial score (nSPS) is 27.4. The van der Waals surface area contributed by atoms with Gasteiger partial charge in [-0.25, -0.2) is 0 Å². The quantitative estimate of drug-likeness (QED) is 0.708. The summed E-state index contributed by atoms with van der Waals surface area (Å²) >= 11 is 0. The van der Waals surface area contributed by atoms with Crippen molar-refractivity contribution in [1.29, 1.82) is 0 Å². The molecular formula is C14H26N2O3. The number of hydrogen-bond acceptors (Lipinski definition) is 4. The van der Waals surface area contributed by atoms with Crippen molar-refractivity contribution >= 4 is 5.91 Å². The Bertz CT molecular complexity index is 292. The topological polar surface area (TPSA) is 42.0 Å². The fourth-order valence-corrected chi connectivity index (χ4v) is 2.98. The smallest absolute Gasteiger partial charge is 0.228 e. The number of carbonyl (C=O) groups is 1. The van der Waals surface area contributed by atoms with E-state index >= 15 is 0 Å². The molecule has 0 saturated carbocycles. The van der Waals surface area contributed by atoms with Gasteiger partial charge in [-0.3, -0.25) is 4.79 Å². The van der Waals surface area contributed by atoms with E-state index in [-0.39, 0.29) is 5.92 Å². The third kappa shape index (κ3) is 3.91. The molecule has 0 aromatic heterocycles. The maximum absolute atomic E-state index is 12.5. The van der Waals surface area contributed by atoms with E-state index in [1.807, 2.05) is 0 Å². The van der Waals surface area contributed by atoms with Crippen LogP contribution < -0.4 is 0 Å². The SMILES string of the molecule is COCCN(C)C[C@H]1CCCN1C(=O)[C@H]1CCOC1. The summed E-state index contributed by atoms with van der Waals surface area (Å²) in [5, 5.41) is 0. The van der Waals surface area contributed by atoms with E-state index in [4.69, 9.17) is 9.47 Å². The first kappa shape index (κ1) is 14.8. The minimum Gasteiger partial charge on any atom is -0.383 e. The zero-order valence-electron chi connectivity index (χ0n) is 12.1. The molecule has 19 heavy (non-hydrogen) atoms. The second-order valence-corrected chi connectivity index (χ2v) is 5.64. The number of hydrogen-bond donors (Lipinski definition) is 0. The highest BCUT2D eigenvalue weighted by atomic mass is 16.5. The van der Waals surface area contributed by atoms with Gasteiger partial charge in [-0.15, -0.1) is 0 Å². The molecule has 2 aliphatic rings. The molecular weight excluding hydrogens is 244 g/mol. The van der Waals surface area contributed by atoms with Gasteiger partial charge in [0.2, 0.25) is 5.91 Å². The molecule has 5 nitrogen and oxygen atoms in total. The summed E-state index contributed by atoms with van der Waals surface area (Å²) in [6.45, 7) is 4.88. The number of nitrogens with zero attached hydrogens (tertiary/aromatic N) is 2. The molecule has 0 spiro atoms. The Kier molecular flexibility index (Phi) is 5.60. The van der Waals surface area contributed by atoms with Crippen molar-refractivity contribution in [1.82, 2.24) is 9.80 Å². The van der Waals surface area contributed by atoms with Crippen LogP contribution in [-0.4, -0.2) is 75.4 Å². The van der Waals surface area contributed by atoms with Gasteiger partial charge in [0.1, 0.15) is 0 Å². The Morgan fingerprint density at radius 3 is 3.00 bits per heavy atom. The molecule has 2 rings (SSSR count). The van der Waals surface area contributed by atoms with E-state index in [1.54, 1.807) is 7.11 Å². The highest BCUT2D eigenvalue weighted by molar-refractivity contribution is 5.79. The fraction of sp³-hybridized carbons (Fsp3) is 0.929. The number of methoxy groups -OCH3 is 1. The molecule has 2 atom stereocenters. The lowest BCUT2D eigenvalue weighted by Gasteiger charge is -2.30. The predicted molar refractivity (Wildman–Crippen MR) is 73.0 cm³/mol. The van der Waals surface area contributed by atoms with Crippen molar-refractivity contribution in [2.24, 2.45) is 5.92 Å². The lowest BCUT2D eigenvalue weighted by Crippen LogP contribution is -2.45. The minimum absolute atomic E-state index is 0.102. The largest absolute Gasteiger partial charge is 0.383 e. The molecule has 0 aromatic carbocycles. The van der Waals surface area contributed by atoms with Crippen LogP contribution in [0.3, 0.4) is 0 Å². The van der Waals surface area contributed by atoms with Crippen LogP contribution in [0.2, 0.25) is 0 Å². The minimum atomic E-state index is 0.102. The van der Waals surface area contributed by atoms with Gasteiger partial charge in [-0.05, 0) is 26.3 Å². The Morgan fingerprint density at radius 2 is 2.32 bits per heavy atom. The standard InChI is InChI=1S/C14H26N2O3/c1-15(7-9-18-2)10-13-4-3-6-16(13)14(17)12-5-8-19-11-12/h12-13H,3-11H2,1-2H3/t12-,13+/m0/s1. The number of likely N-dealkylation sites (N-methyl/N-ethyl adjacent to an activating group) is 1.